The summed E-state index contributed by atoms with van der Waals surface area (Å²) >= 11 is 0. The average Bonchev–Trinajstić information content (AvgIpc) is 3.61. The number of nitrogens with zero attached hydrogens (tertiary/aromatic N) is 6. The largest absolute Gasteiger partial charge is 0.373 e. The van der Waals surface area contributed by atoms with E-state index in [4.69, 9.17) is 4.74 Å². The monoisotopic (exact) mass is 496 g/mol. The van der Waals surface area contributed by atoms with Crippen molar-refractivity contribution in [1.29, 1.82) is 0 Å². The second-order valence-corrected chi connectivity index (χ2v) is 9.46. The van der Waals surface area contributed by atoms with Crippen LogP contribution in [0.5, 0.6) is 0 Å². The summed E-state index contributed by atoms with van der Waals surface area (Å²) in [6, 6.07) is 1.65. The van der Waals surface area contributed by atoms with Gasteiger partial charge in [-0.25, -0.2) is 28.1 Å². The summed E-state index contributed by atoms with van der Waals surface area (Å²) in [4.78, 5) is 26.6. The summed E-state index contributed by atoms with van der Waals surface area (Å²) in [6.07, 6.45) is 6.91. The lowest BCUT2D eigenvalue weighted by Gasteiger charge is -2.28. The van der Waals surface area contributed by atoms with Gasteiger partial charge in [0.15, 0.2) is 17.2 Å². The molecule has 1 aliphatic heterocycles. The zero-order valence-corrected chi connectivity index (χ0v) is 19.7. The molecule has 4 aromatic rings. The summed E-state index contributed by atoms with van der Waals surface area (Å²) in [7, 11) is 1.56. The predicted octanol–water partition coefficient (Wildman–Crippen LogP) is 4.28. The number of hydrogen-bond donors (Lipinski definition) is 0. The highest BCUT2D eigenvalue weighted by atomic mass is 19.2. The lowest BCUT2D eigenvalue weighted by Crippen LogP contribution is -2.25. The molecule has 1 saturated heterocycles. The minimum Gasteiger partial charge on any atom is -0.373 e. The fourth-order valence-electron chi connectivity index (χ4n) is 4.67. The van der Waals surface area contributed by atoms with Gasteiger partial charge in [-0.1, -0.05) is 0 Å². The van der Waals surface area contributed by atoms with Gasteiger partial charge in [0.05, 0.1) is 18.3 Å². The molecule has 4 heterocycles. The quantitative estimate of drug-likeness (QED) is 0.392. The van der Waals surface area contributed by atoms with E-state index in [9.17, 15) is 18.0 Å². The first kappa shape index (κ1) is 22.8. The van der Waals surface area contributed by atoms with E-state index >= 15 is 0 Å². The summed E-state index contributed by atoms with van der Waals surface area (Å²) in [6.45, 7) is 2.05. The van der Waals surface area contributed by atoms with Gasteiger partial charge >= 0.3 is 0 Å². The van der Waals surface area contributed by atoms with Crippen LogP contribution in [0.4, 0.5) is 13.2 Å². The molecule has 8 nitrogen and oxygen atoms in total. The molecule has 0 bridgehead atoms. The Balaban J connectivity index is 1.47. The van der Waals surface area contributed by atoms with Gasteiger partial charge in [0, 0.05) is 43.0 Å². The van der Waals surface area contributed by atoms with Gasteiger partial charge in [0.2, 0.25) is 0 Å². The molecule has 2 aliphatic rings. The molecular weight excluding hydrogens is 473 g/mol. The molecule has 0 N–H and O–H groups in total. The molecule has 0 amide bonds. The van der Waals surface area contributed by atoms with Crippen LogP contribution in [0.2, 0.25) is 0 Å². The summed E-state index contributed by atoms with van der Waals surface area (Å²) in [5.41, 5.74) is 0.233. The highest BCUT2D eigenvalue weighted by molar-refractivity contribution is 5.88. The van der Waals surface area contributed by atoms with E-state index < -0.39 is 23.0 Å². The molecule has 2 fully saturated rings. The van der Waals surface area contributed by atoms with Gasteiger partial charge in [-0.2, -0.15) is 5.10 Å². The summed E-state index contributed by atoms with van der Waals surface area (Å²) < 4.78 is 51.9. The van der Waals surface area contributed by atoms with Crippen LogP contribution in [0.1, 0.15) is 61.0 Å². The topological polar surface area (TPSA) is 87.7 Å². The molecule has 186 valence electrons. The van der Waals surface area contributed by atoms with E-state index in [0.717, 1.165) is 24.5 Å². The molecule has 36 heavy (non-hydrogen) atoms. The maximum Gasteiger partial charge on any atom is 0.279 e. The van der Waals surface area contributed by atoms with Crippen LogP contribution in [-0.2, 0) is 11.8 Å². The van der Waals surface area contributed by atoms with Gasteiger partial charge in [-0.05, 0) is 38.7 Å². The highest BCUT2D eigenvalue weighted by Gasteiger charge is 2.31. The van der Waals surface area contributed by atoms with Crippen molar-refractivity contribution in [3.63, 3.8) is 0 Å². The first-order valence-corrected chi connectivity index (χ1v) is 11.9. The first-order chi connectivity index (χ1) is 17.3. The molecule has 1 aliphatic carbocycles. The van der Waals surface area contributed by atoms with Crippen LogP contribution in [-0.4, -0.2) is 35.9 Å². The maximum atomic E-state index is 14.8. The second kappa shape index (κ2) is 8.51. The van der Waals surface area contributed by atoms with E-state index in [2.05, 4.69) is 20.1 Å². The third-order valence-electron chi connectivity index (χ3n) is 7.00. The Morgan fingerprint density at radius 1 is 1.00 bits per heavy atom. The molecule has 1 aromatic carbocycles. The third-order valence-corrected chi connectivity index (χ3v) is 7.00. The van der Waals surface area contributed by atoms with Crippen molar-refractivity contribution in [3.05, 3.63) is 69.5 Å². The van der Waals surface area contributed by atoms with Gasteiger partial charge in [0.25, 0.3) is 5.56 Å². The van der Waals surface area contributed by atoms with Crippen LogP contribution in [0.25, 0.3) is 22.3 Å². The Bertz CT molecular complexity index is 1560. The molecule has 1 saturated carbocycles. The Morgan fingerprint density at radius 2 is 1.78 bits per heavy atom. The van der Waals surface area contributed by atoms with Crippen molar-refractivity contribution >= 4 is 11.0 Å². The predicted molar refractivity (Wildman–Crippen MR) is 124 cm³/mol. The van der Waals surface area contributed by atoms with Crippen molar-refractivity contribution in [3.8, 4) is 11.3 Å². The second-order valence-electron chi connectivity index (χ2n) is 9.46. The van der Waals surface area contributed by atoms with Gasteiger partial charge in [-0.15, -0.1) is 0 Å². The zero-order chi connectivity index (χ0) is 25.1. The summed E-state index contributed by atoms with van der Waals surface area (Å²) in [5.74, 6) is -3.08. The van der Waals surface area contributed by atoms with E-state index in [1.807, 2.05) is 10.9 Å². The molecule has 6 rings (SSSR count). The van der Waals surface area contributed by atoms with Crippen LogP contribution in [0.3, 0.4) is 0 Å². The number of fused-ring (bicyclic) bond motifs is 1. The number of hydrogen-bond acceptors (Lipinski definition) is 6. The van der Waals surface area contributed by atoms with Crippen molar-refractivity contribution in [2.75, 3.05) is 6.61 Å². The average molecular weight is 496 g/mol. The van der Waals surface area contributed by atoms with E-state index in [1.165, 1.54) is 4.57 Å². The Labute approximate surface area is 203 Å². The van der Waals surface area contributed by atoms with Gasteiger partial charge in [-0.3, -0.25) is 14.0 Å². The molecular formula is C25H23F3N6O2. The van der Waals surface area contributed by atoms with Gasteiger partial charge < -0.3 is 4.74 Å². The Kier molecular flexibility index (Phi) is 5.40. The standard InChI is InChI=1S/C25H23F3N6O2/c1-12-30-22-21(16-8-18(27)19(28)9-17(16)26)31-24(32-23(22)25(35)33(12)2)13-5-6-36-20(7-13)14-10-29-34(11-14)15-3-4-15/h8-11,13,15,20H,3-7H2,1-2H3/t13-,20+/m1/s1. The van der Waals surface area contributed by atoms with E-state index in [-0.39, 0.29) is 34.3 Å². The van der Waals surface area contributed by atoms with Crippen molar-refractivity contribution in [1.82, 2.24) is 29.3 Å². The zero-order valence-electron chi connectivity index (χ0n) is 19.7. The molecule has 0 spiro atoms. The van der Waals surface area contributed by atoms with Crippen LogP contribution >= 0.6 is 0 Å². The minimum atomic E-state index is -1.31. The van der Waals surface area contributed by atoms with Gasteiger partial charge in [0.1, 0.15) is 28.7 Å². The smallest absolute Gasteiger partial charge is 0.279 e. The Morgan fingerprint density at radius 3 is 2.56 bits per heavy atom. The normalized spacial score (nSPS) is 20.2. The first-order valence-electron chi connectivity index (χ1n) is 11.9. The lowest BCUT2D eigenvalue weighted by atomic mass is 9.92. The van der Waals surface area contributed by atoms with Crippen molar-refractivity contribution in [2.24, 2.45) is 7.05 Å². The number of aryl methyl sites for hydroxylation is 1. The van der Waals surface area contributed by atoms with E-state index in [1.54, 1.807) is 20.2 Å². The maximum absolute atomic E-state index is 14.8. The molecule has 2 atom stereocenters. The molecule has 0 radical (unpaired) electrons. The third kappa shape index (κ3) is 3.87. The van der Waals surface area contributed by atoms with Crippen LogP contribution in [0.15, 0.2) is 29.3 Å². The van der Waals surface area contributed by atoms with Crippen molar-refractivity contribution < 1.29 is 17.9 Å². The lowest BCUT2D eigenvalue weighted by molar-refractivity contribution is 0.00397. The summed E-state index contributed by atoms with van der Waals surface area (Å²) in [5, 5.41) is 4.45. The molecule has 0 unspecified atom stereocenters. The van der Waals surface area contributed by atoms with E-state index in [0.29, 0.717) is 43.2 Å². The number of aromatic nitrogens is 6. The number of ether oxygens (including phenoxy) is 1. The SMILES string of the molecule is Cc1nc2c(-c3cc(F)c(F)cc3F)nc([C@@H]3CCO[C@H](c4cnn(C5CC5)c4)C3)nc2c(=O)n1C. The molecule has 3 aromatic heterocycles. The van der Waals surface area contributed by atoms with Crippen LogP contribution in [0, 0.1) is 24.4 Å². The fraction of sp³-hybridized carbons (Fsp3) is 0.400. The number of halogens is 3. The Hall–Kier alpha value is -3.60. The fourth-order valence-corrected chi connectivity index (χ4v) is 4.67. The van der Waals surface area contributed by atoms with Crippen molar-refractivity contribution in [2.45, 2.75) is 50.7 Å². The molecule has 11 heteroatoms. The number of benzene rings is 1. The minimum absolute atomic E-state index is 0.00294. The number of rotatable bonds is 4. The van der Waals surface area contributed by atoms with Crippen LogP contribution < -0.4 is 5.56 Å². The highest BCUT2D eigenvalue weighted by Crippen LogP contribution is 2.40.